The van der Waals surface area contributed by atoms with Crippen molar-refractivity contribution < 1.29 is 24.1 Å². The van der Waals surface area contributed by atoms with E-state index in [0.29, 0.717) is 49.7 Å². The number of allylic oxidation sites excluding steroid dienone is 1. The number of aromatic nitrogens is 2. The smallest absolute Gasteiger partial charge is 0.162 e. The van der Waals surface area contributed by atoms with Crippen LogP contribution in [0.3, 0.4) is 0 Å². The van der Waals surface area contributed by atoms with Gasteiger partial charge >= 0.3 is 0 Å². The highest BCUT2D eigenvalue weighted by atomic mass is 16.6. The first-order chi connectivity index (χ1) is 15.9. The molecule has 8 nitrogen and oxygen atoms in total. The second-order valence-electron chi connectivity index (χ2n) is 9.54. The Morgan fingerprint density at radius 2 is 2.06 bits per heavy atom. The summed E-state index contributed by atoms with van der Waals surface area (Å²) in [7, 11) is 1.64. The molecule has 8 heteroatoms. The van der Waals surface area contributed by atoms with Gasteiger partial charge in [0.25, 0.3) is 0 Å². The minimum atomic E-state index is -0.722. The van der Waals surface area contributed by atoms with Crippen LogP contribution >= 0.6 is 0 Å². The maximum absolute atomic E-state index is 10.7. The van der Waals surface area contributed by atoms with Gasteiger partial charge in [-0.05, 0) is 38.7 Å². The summed E-state index contributed by atoms with van der Waals surface area (Å²) in [4.78, 5) is 9.36. The van der Waals surface area contributed by atoms with Crippen molar-refractivity contribution in [2.45, 2.75) is 50.9 Å². The Morgan fingerprint density at radius 1 is 1.21 bits per heavy atom. The van der Waals surface area contributed by atoms with Crippen LogP contribution in [0.15, 0.2) is 24.3 Å². The molecule has 2 N–H and O–H groups in total. The molecule has 0 bridgehead atoms. The van der Waals surface area contributed by atoms with E-state index in [1.165, 1.54) is 0 Å². The first-order valence-corrected chi connectivity index (χ1v) is 11.8. The van der Waals surface area contributed by atoms with E-state index in [4.69, 9.17) is 23.9 Å². The second-order valence-corrected chi connectivity index (χ2v) is 9.54. The molecule has 33 heavy (non-hydrogen) atoms. The number of aryl methyl sites for hydroxylation is 1. The second kappa shape index (κ2) is 9.08. The standard InChI is InChI=1S/C25H33N3O5/c1-15(17-5-4-6-18(9-17)25(29)13-32-14-25)26-24-20-10-23(33-19-7-8-31-12-19)22(30-3)11-21(20)27-16(2)28-24/h4,6,10-11,15,17-19,29H,5,7-9,12-14H2,1-3H3,(H,26,27,28)/t15?,17?,18?,19-/m0/s1. The molecule has 3 unspecified atom stereocenters. The zero-order valence-electron chi connectivity index (χ0n) is 19.5. The van der Waals surface area contributed by atoms with Gasteiger partial charge in [-0.15, -0.1) is 0 Å². The van der Waals surface area contributed by atoms with Crippen molar-refractivity contribution in [2.75, 3.05) is 38.9 Å². The summed E-state index contributed by atoms with van der Waals surface area (Å²) in [6.45, 7) is 6.22. The van der Waals surface area contributed by atoms with Gasteiger partial charge in [0.15, 0.2) is 11.5 Å². The molecule has 2 fully saturated rings. The average molecular weight is 456 g/mol. The fraction of sp³-hybridized carbons (Fsp3) is 0.600. The van der Waals surface area contributed by atoms with Crippen LogP contribution in [0.1, 0.15) is 32.0 Å². The van der Waals surface area contributed by atoms with E-state index in [-0.39, 0.29) is 18.1 Å². The maximum Gasteiger partial charge on any atom is 0.162 e. The van der Waals surface area contributed by atoms with Crippen molar-refractivity contribution in [3.63, 3.8) is 0 Å². The van der Waals surface area contributed by atoms with E-state index in [9.17, 15) is 5.11 Å². The van der Waals surface area contributed by atoms with Crippen LogP contribution in [-0.2, 0) is 9.47 Å². The monoisotopic (exact) mass is 455 g/mol. The number of hydrogen-bond acceptors (Lipinski definition) is 8. The summed E-state index contributed by atoms with van der Waals surface area (Å²) in [5.74, 6) is 3.31. The van der Waals surface area contributed by atoms with Crippen LogP contribution in [0.25, 0.3) is 10.9 Å². The van der Waals surface area contributed by atoms with Gasteiger partial charge in [0.2, 0.25) is 0 Å². The van der Waals surface area contributed by atoms with Crippen LogP contribution in [0, 0.1) is 18.8 Å². The predicted octanol–water partition coefficient (Wildman–Crippen LogP) is 3.26. The van der Waals surface area contributed by atoms with E-state index < -0.39 is 5.60 Å². The molecule has 3 heterocycles. The van der Waals surface area contributed by atoms with E-state index in [1.54, 1.807) is 7.11 Å². The molecular weight excluding hydrogens is 422 g/mol. The number of rotatable bonds is 7. The number of benzene rings is 1. The van der Waals surface area contributed by atoms with E-state index in [2.05, 4.69) is 29.4 Å². The minimum absolute atomic E-state index is 0.0188. The van der Waals surface area contributed by atoms with Crippen LogP contribution in [0.4, 0.5) is 5.82 Å². The molecule has 1 aliphatic carbocycles. The third-order valence-electron chi connectivity index (χ3n) is 7.10. The summed E-state index contributed by atoms with van der Waals surface area (Å²) < 4.78 is 22.5. The van der Waals surface area contributed by atoms with Crippen LogP contribution in [0.2, 0.25) is 0 Å². The third-order valence-corrected chi connectivity index (χ3v) is 7.10. The van der Waals surface area contributed by atoms with Crippen molar-refractivity contribution in [3.05, 3.63) is 30.1 Å². The van der Waals surface area contributed by atoms with Crippen molar-refractivity contribution in [1.29, 1.82) is 0 Å². The van der Waals surface area contributed by atoms with Gasteiger partial charge in [-0.1, -0.05) is 12.2 Å². The summed E-state index contributed by atoms with van der Waals surface area (Å²) in [6.07, 6.45) is 7.10. The summed E-state index contributed by atoms with van der Waals surface area (Å²) >= 11 is 0. The normalized spacial score (nSPS) is 27.2. The lowest BCUT2D eigenvalue weighted by molar-refractivity contribution is -0.201. The lowest BCUT2D eigenvalue weighted by Gasteiger charge is -2.44. The molecule has 2 aliphatic heterocycles. The number of hydrogen-bond donors (Lipinski definition) is 2. The Balaban J connectivity index is 1.40. The number of fused-ring (bicyclic) bond motifs is 1. The first kappa shape index (κ1) is 22.4. The lowest BCUT2D eigenvalue weighted by atomic mass is 9.74. The van der Waals surface area contributed by atoms with Gasteiger partial charge in [0.1, 0.15) is 23.3 Å². The van der Waals surface area contributed by atoms with Gasteiger partial charge in [0.05, 0.1) is 39.1 Å². The number of nitrogens with one attached hydrogen (secondary N) is 1. The molecule has 0 amide bonds. The summed E-state index contributed by atoms with van der Waals surface area (Å²) in [5.41, 5.74) is 0.0891. The predicted molar refractivity (Wildman–Crippen MR) is 125 cm³/mol. The van der Waals surface area contributed by atoms with Gasteiger partial charge in [-0.2, -0.15) is 0 Å². The molecule has 3 aliphatic rings. The van der Waals surface area contributed by atoms with Gasteiger partial charge in [-0.3, -0.25) is 0 Å². The molecule has 2 saturated heterocycles. The topological polar surface area (TPSA) is 95.0 Å². The Kier molecular flexibility index (Phi) is 6.16. The number of anilines is 1. The van der Waals surface area contributed by atoms with Crippen molar-refractivity contribution in [3.8, 4) is 11.5 Å². The average Bonchev–Trinajstić information content (AvgIpc) is 3.30. The fourth-order valence-electron chi connectivity index (χ4n) is 4.98. The minimum Gasteiger partial charge on any atom is -0.493 e. The zero-order chi connectivity index (χ0) is 23.0. The Hall–Kier alpha value is -2.42. The SMILES string of the molecule is COc1cc2nc(C)nc(NC(C)C3CC=CC(C4(O)COC4)C3)c2cc1O[C@H]1CCOC1. The van der Waals surface area contributed by atoms with Gasteiger partial charge < -0.3 is 29.4 Å². The lowest BCUT2D eigenvalue weighted by Crippen LogP contribution is -2.55. The Labute approximate surface area is 194 Å². The molecule has 178 valence electrons. The molecule has 4 atom stereocenters. The van der Waals surface area contributed by atoms with Crippen molar-refractivity contribution in [2.24, 2.45) is 11.8 Å². The maximum atomic E-state index is 10.7. The highest BCUT2D eigenvalue weighted by molar-refractivity contribution is 5.92. The van der Waals surface area contributed by atoms with Crippen LogP contribution in [-0.4, -0.2) is 66.4 Å². The number of ether oxygens (including phenoxy) is 4. The Bertz CT molecular complexity index is 1030. The Morgan fingerprint density at radius 3 is 2.76 bits per heavy atom. The van der Waals surface area contributed by atoms with Gasteiger partial charge in [0, 0.05) is 29.8 Å². The highest BCUT2D eigenvalue weighted by Crippen LogP contribution is 2.39. The largest absolute Gasteiger partial charge is 0.493 e. The molecule has 0 saturated carbocycles. The van der Waals surface area contributed by atoms with Gasteiger partial charge in [-0.25, -0.2) is 9.97 Å². The van der Waals surface area contributed by atoms with Crippen LogP contribution < -0.4 is 14.8 Å². The van der Waals surface area contributed by atoms with E-state index >= 15 is 0 Å². The first-order valence-electron chi connectivity index (χ1n) is 11.8. The molecule has 5 rings (SSSR count). The summed E-state index contributed by atoms with van der Waals surface area (Å²) in [6, 6.07) is 4.05. The zero-order valence-corrected chi connectivity index (χ0v) is 19.5. The van der Waals surface area contributed by atoms with Crippen LogP contribution in [0.5, 0.6) is 11.5 Å². The van der Waals surface area contributed by atoms with Crippen molar-refractivity contribution >= 4 is 16.7 Å². The van der Waals surface area contributed by atoms with E-state index in [0.717, 1.165) is 36.0 Å². The molecule has 0 radical (unpaired) electrons. The molecular formula is C25H33N3O5. The molecule has 1 aromatic heterocycles. The van der Waals surface area contributed by atoms with E-state index in [1.807, 2.05) is 19.1 Å². The molecule has 2 aromatic rings. The molecule has 0 spiro atoms. The summed E-state index contributed by atoms with van der Waals surface area (Å²) in [5, 5.41) is 15.3. The fourth-order valence-corrected chi connectivity index (χ4v) is 4.98. The number of aliphatic hydroxyl groups is 1. The number of nitrogens with zero attached hydrogens (tertiary/aromatic N) is 2. The number of methoxy groups -OCH3 is 1. The van der Waals surface area contributed by atoms with Crippen molar-refractivity contribution in [1.82, 2.24) is 9.97 Å². The highest BCUT2D eigenvalue weighted by Gasteiger charge is 2.44. The molecule has 1 aromatic carbocycles. The quantitative estimate of drug-likeness (QED) is 0.615. The third kappa shape index (κ3) is 4.52.